The van der Waals surface area contributed by atoms with E-state index >= 15 is 0 Å². The maximum Gasteiger partial charge on any atom is 0.326 e. The Labute approximate surface area is 245 Å². The number of halogens is 4. The summed E-state index contributed by atoms with van der Waals surface area (Å²) in [5.74, 6) is -4.30. The summed E-state index contributed by atoms with van der Waals surface area (Å²) < 4.78 is 50.3. The number of carboxylic acids is 1. The maximum absolute atomic E-state index is 13.9. The SMILES string of the molecule is O=C(N[C@@H](Cc1cccc([SH](=O)=O)c1)C(=O)O)c1c(Cl)cc2c(c1Cl)CCN(C(=O)/C=C/c1c(F)cccc1F)C2. The number of nitrogens with one attached hydrogen (secondary N) is 1. The van der Waals surface area contributed by atoms with Gasteiger partial charge in [0.2, 0.25) is 5.91 Å². The van der Waals surface area contributed by atoms with E-state index in [-0.39, 0.29) is 52.0 Å². The molecule has 41 heavy (non-hydrogen) atoms. The van der Waals surface area contributed by atoms with Gasteiger partial charge < -0.3 is 15.3 Å². The summed E-state index contributed by atoms with van der Waals surface area (Å²) in [6.07, 6.45) is 2.17. The second-order valence-corrected chi connectivity index (χ2v) is 11.0. The van der Waals surface area contributed by atoms with Crippen LogP contribution in [0, 0.1) is 11.6 Å². The summed E-state index contributed by atoms with van der Waals surface area (Å²) in [7, 11) is -2.87. The minimum atomic E-state index is -2.87. The van der Waals surface area contributed by atoms with Crippen molar-refractivity contribution in [3.8, 4) is 0 Å². The molecule has 0 aliphatic carbocycles. The Balaban J connectivity index is 1.51. The first-order chi connectivity index (χ1) is 19.5. The molecule has 1 aliphatic heterocycles. The third-order valence-corrected chi connectivity index (χ3v) is 7.92. The largest absolute Gasteiger partial charge is 0.480 e. The van der Waals surface area contributed by atoms with Crippen molar-refractivity contribution in [3.05, 3.63) is 104 Å². The molecule has 1 heterocycles. The van der Waals surface area contributed by atoms with Gasteiger partial charge in [0.15, 0.2) is 10.7 Å². The zero-order chi connectivity index (χ0) is 29.8. The highest BCUT2D eigenvalue weighted by Gasteiger charge is 2.29. The number of carbonyl (C=O) groups excluding carboxylic acids is 2. The molecule has 1 atom stereocenters. The molecular weight excluding hydrogens is 601 g/mol. The monoisotopic (exact) mass is 622 g/mol. The number of thiol groups is 1. The molecule has 3 aromatic rings. The van der Waals surface area contributed by atoms with E-state index in [1.807, 2.05) is 0 Å². The summed E-state index contributed by atoms with van der Waals surface area (Å²) in [5.41, 5.74) is 1.01. The van der Waals surface area contributed by atoms with Gasteiger partial charge in [-0.05, 0) is 59.5 Å². The van der Waals surface area contributed by atoms with Gasteiger partial charge in [-0.3, -0.25) is 9.59 Å². The van der Waals surface area contributed by atoms with Crippen molar-refractivity contribution in [1.82, 2.24) is 10.2 Å². The van der Waals surface area contributed by atoms with Crippen LogP contribution >= 0.6 is 23.2 Å². The highest BCUT2D eigenvalue weighted by atomic mass is 35.5. The normalized spacial score (nSPS) is 13.7. The van der Waals surface area contributed by atoms with Crippen LogP contribution in [0.3, 0.4) is 0 Å². The first kappa shape index (κ1) is 30.2. The van der Waals surface area contributed by atoms with Crippen molar-refractivity contribution < 1.29 is 36.7 Å². The number of fused-ring (bicyclic) bond motifs is 1. The molecule has 0 saturated heterocycles. The van der Waals surface area contributed by atoms with Crippen molar-refractivity contribution in [2.45, 2.75) is 30.3 Å². The number of aliphatic carboxylic acids is 1. The van der Waals surface area contributed by atoms with E-state index in [9.17, 15) is 36.7 Å². The highest BCUT2D eigenvalue weighted by Crippen LogP contribution is 2.35. The van der Waals surface area contributed by atoms with E-state index in [1.54, 1.807) is 6.07 Å². The Kier molecular flexibility index (Phi) is 9.42. The molecule has 0 bridgehead atoms. The molecule has 0 fully saturated rings. The number of rotatable bonds is 8. The quantitative estimate of drug-likeness (QED) is 0.255. The molecule has 1 aliphatic rings. The summed E-state index contributed by atoms with van der Waals surface area (Å²) in [5, 5.41) is 12.0. The predicted octanol–water partition coefficient (Wildman–Crippen LogP) is 4.27. The van der Waals surface area contributed by atoms with Gasteiger partial charge in [-0.2, -0.15) is 0 Å². The highest BCUT2D eigenvalue weighted by molar-refractivity contribution is 7.72. The fraction of sp³-hybridized carbons (Fsp3) is 0.179. The minimum Gasteiger partial charge on any atom is -0.480 e. The van der Waals surface area contributed by atoms with Gasteiger partial charge in [-0.1, -0.05) is 41.4 Å². The number of benzene rings is 3. The van der Waals surface area contributed by atoms with Crippen molar-refractivity contribution in [1.29, 1.82) is 0 Å². The lowest BCUT2D eigenvalue weighted by Crippen LogP contribution is -2.42. The minimum absolute atomic E-state index is 0.00977. The van der Waals surface area contributed by atoms with Crippen LogP contribution in [0.1, 0.15) is 32.6 Å². The Bertz CT molecular complexity index is 1630. The summed E-state index contributed by atoms with van der Waals surface area (Å²) in [6.45, 7) is 0.254. The Morgan fingerprint density at radius 3 is 2.41 bits per heavy atom. The molecule has 8 nitrogen and oxygen atoms in total. The standard InChI is InChI=1S/C28H22Cl2F2N2O6S/c29-20-13-16-14-34(24(35)8-7-19-21(31)5-2-6-22(19)32)10-9-18(16)26(30)25(20)27(36)33-23(28(37)38)12-15-3-1-4-17(11-15)41(39)40/h1-8,11,13,23,41H,9-10,12,14H2,(H,33,36)(H,37,38)/b8-7+/t23-/m0/s1. The molecule has 4 rings (SSSR count). The molecule has 2 N–H and O–H groups in total. The summed E-state index contributed by atoms with van der Waals surface area (Å²) >= 11 is 12.9. The zero-order valence-corrected chi connectivity index (χ0v) is 23.5. The van der Waals surface area contributed by atoms with E-state index in [4.69, 9.17) is 23.2 Å². The van der Waals surface area contributed by atoms with Crippen LogP contribution in [0.4, 0.5) is 8.78 Å². The first-order valence-electron chi connectivity index (χ1n) is 12.1. The fourth-order valence-corrected chi connectivity index (χ4v) is 5.68. The number of hydrogen-bond acceptors (Lipinski definition) is 5. The third-order valence-electron chi connectivity index (χ3n) is 6.50. The van der Waals surface area contributed by atoms with Crippen molar-refractivity contribution in [2.75, 3.05) is 6.54 Å². The number of nitrogens with zero attached hydrogens (tertiary/aromatic N) is 1. The number of amides is 2. The second-order valence-electron chi connectivity index (χ2n) is 9.16. The van der Waals surface area contributed by atoms with Crippen molar-refractivity contribution in [2.24, 2.45) is 0 Å². The molecule has 0 aromatic heterocycles. The zero-order valence-electron chi connectivity index (χ0n) is 21.1. The molecule has 13 heteroatoms. The van der Waals surface area contributed by atoms with Crippen LogP contribution in [-0.2, 0) is 39.7 Å². The van der Waals surface area contributed by atoms with Gasteiger partial charge in [0.05, 0.1) is 20.5 Å². The molecule has 0 unspecified atom stereocenters. The van der Waals surface area contributed by atoms with E-state index < -0.39 is 46.2 Å². The predicted molar refractivity (Wildman–Crippen MR) is 149 cm³/mol. The van der Waals surface area contributed by atoms with E-state index in [1.165, 1.54) is 35.2 Å². The molecule has 214 valence electrons. The van der Waals surface area contributed by atoms with E-state index in [0.717, 1.165) is 24.3 Å². The van der Waals surface area contributed by atoms with Gasteiger partial charge in [0, 0.05) is 31.1 Å². The lowest BCUT2D eigenvalue weighted by atomic mass is 9.96. The van der Waals surface area contributed by atoms with Gasteiger partial charge >= 0.3 is 5.97 Å². The Morgan fingerprint density at radius 2 is 1.76 bits per heavy atom. The molecular formula is C28H22Cl2F2N2O6S. The van der Waals surface area contributed by atoms with Gasteiger partial charge in [0.25, 0.3) is 5.91 Å². The summed E-state index contributed by atoms with van der Waals surface area (Å²) in [6, 6.07) is 9.12. The summed E-state index contributed by atoms with van der Waals surface area (Å²) in [4.78, 5) is 39.2. The first-order valence-corrected chi connectivity index (χ1v) is 14.1. The van der Waals surface area contributed by atoms with Crippen molar-refractivity contribution in [3.63, 3.8) is 0 Å². The lowest BCUT2D eigenvalue weighted by Gasteiger charge is -2.29. The fourth-order valence-electron chi connectivity index (χ4n) is 4.44. The molecule has 0 spiro atoms. The van der Waals surface area contributed by atoms with Crippen LogP contribution in [0.25, 0.3) is 6.08 Å². The van der Waals surface area contributed by atoms with E-state index in [0.29, 0.717) is 16.7 Å². The van der Waals surface area contributed by atoms with Crippen LogP contribution in [0.2, 0.25) is 10.0 Å². The molecule has 2 amide bonds. The van der Waals surface area contributed by atoms with Crippen molar-refractivity contribution >= 4 is 57.8 Å². The average Bonchev–Trinajstić information content (AvgIpc) is 2.92. The number of carboxylic acid groups (broad SMARTS) is 1. The van der Waals surface area contributed by atoms with Gasteiger partial charge in [-0.25, -0.2) is 22.0 Å². The number of hydrogen-bond donors (Lipinski definition) is 3. The van der Waals surface area contributed by atoms with Crippen LogP contribution in [0.5, 0.6) is 0 Å². The second kappa shape index (κ2) is 12.8. The lowest BCUT2D eigenvalue weighted by molar-refractivity contribution is -0.139. The smallest absolute Gasteiger partial charge is 0.326 e. The maximum atomic E-state index is 13.9. The molecule has 0 saturated carbocycles. The van der Waals surface area contributed by atoms with Gasteiger partial charge in [-0.15, -0.1) is 0 Å². The van der Waals surface area contributed by atoms with Crippen LogP contribution in [-0.4, -0.2) is 48.8 Å². The molecule has 3 aromatic carbocycles. The van der Waals surface area contributed by atoms with E-state index in [2.05, 4.69) is 5.32 Å². The van der Waals surface area contributed by atoms with Gasteiger partial charge in [0.1, 0.15) is 17.7 Å². The Morgan fingerprint density at radius 1 is 1.07 bits per heavy atom. The third kappa shape index (κ3) is 6.92. The Hall–Kier alpha value is -3.80. The van der Waals surface area contributed by atoms with Crippen LogP contribution < -0.4 is 5.32 Å². The number of carbonyl (C=O) groups is 3. The topological polar surface area (TPSA) is 121 Å². The van der Waals surface area contributed by atoms with Crippen LogP contribution in [0.15, 0.2) is 59.5 Å². The average molecular weight is 623 g/mol. The molecule has 0 radical (unpaired) electrons.